The van der Waals surface area contributed by atoms with Gasteiger partial charge in [-0.05, 0) is 78.6 Å². The molecule has 0 atom stereocenters. The number of aromatic hydroxyl groups is 1. The standard InChI is InChI=1S/C22H30N2O3Si/c1-7-26-21-14-18(10-13-20(21)25)16-24-23-15-17-8-11-19(12-9-17)27-28(5,6)22(2,3)4/h8-16,25H,7H2,1-6H3. The van der Waals surface area contributed by atoms with Gasteiger partial charge >= 0.3 is 0 Å². The van der Waals surface area contributed by atoms with E-state index in [-0.39, 0.29) is 10.8 Å². The Morgan fingerprint density at radius 1 is 0.964 bits per heavy atom. The molecule has 0 amide bonds. The van der Waals surface area contributed by atoms with E-state index in [2.05, 4.69) is 44.1 Å². The molecule has 0 unspecified atom stereocenters. The van der Waals surface area contributed by atoms with Crippen LogP contribution in [0.4, 0.5) is 0 Å². The fourth-order valence-corrected chi connectivity index (χ4v) is 3.18. The predicted octanol–water partition coefficient (Wildman–Crippen LogP) is 5.63. The molecule has 0 saturated carbocycles. The number of ether oxygens (including phenoxy) is 1. The van der Waals surface area contributed by atoms with Gasteiger partial charge in [0.1, 0.15) is 5.75 Å². The molecule has 0 fully saturated rings. The summed E-state index contributed by atoms with van der Waals surface area (Å²) in [6.45, 7) is 13.5. The van der Waals surface area contributed by atoms with Gasteiger partial charge in [0.05, 0.1) is 19.0 Å². The van der Waals surface area contributed by atoms with Crippen LogP contribution in [0.5, 0.6) is 17.2 Å². The number of benzene rings is 2. The van der Waals surface area contributed by atoms with Gasteiger partial charge in [-0.15, -0.1) is 0 Å². The van der Waals surface area contributed by atoms with Crippen LogP contribution in [0.2, 0.25) is 18.1 Å². The minimum absolute atomic E-state index is 0.113. The topological polar surface area (TPSA) is 63.4 Å². The Balaban J connectivity index is 2.00. The number of hydrogen-bond acceptors (Lipinski definition) is 5. The summed E-state index contributed by atoms with van der Waals surface area (Å²) in [6, 6.07) is 12.9. The Morgan fingerprint density at radius 3 is 2.11 bits per heavy atom. The molecule has 0 aliphatic rings. The molecule has 0 aromatic heterocycles. The first-order chi connectivity index (χ1) is 13.1. The Kier molecular flexibility index (Phi) is 7.02. The monoisotopic (exact) mass is 398 g/mol. The molecule has 0 aliphatic heterocycles. The lowest BCUT2D eigenvalue weighted by Gasteiger charge is -2.36. The zero-order valence-electron chi connectivity index (χ0n) is 17.6. The first-order valence-electron chi connectivity index (χ1n) is 9.43. The van der Waals surface area contributed by atoms with E-state index in [9.17, 15) is 5.11 Å². The molecule has 0 spiro atoms. The molecule has 0 bridgehead atoms. The molecule has 0 heterocycles. The van der Waals surface area contributed by atoms with Crippen LogP contribution in [0, 0.1) is 0 Å². The van der Waals surface area contributed by atoms with Crippen LogP contribution in [0.25, 0.3) is 0 Å². The van der Waals surface area contributed by atoms with E-state index in [0.717, 1.165) is 16.9 Å². The van der Waals surface area contributed by atoms with Crippen molar-refractivity contribution in [3.63, 3.8) is 0 Å². The van der Waals surface area contributed by atoms with Crippen molar-refractivity contribution in [2.24, 2.45) is 10.2 Å². The second-order valence-corrected chi connectivity index (χ2v) is 12.8. The minimum atomic E-state index is -1.83. The minimum Gasteiger partial charge on any atom is -0.544 e. The number of rotatable bonds is 7. The predicted molar refractivity (Wildman–Crippen MR) is 119 cm³/mol. The lowest BCUT2D eigenvalue weighted by Crippen LogP contribution is -2.43. The van der Waals surface area contributed by atoms with E-state index in [4.69, 9.17) is 9.16 Å². The molecule has 150 valence electrons. The molecule has 0 radical (unpaired) electrons. The Morgan fingerprint density at radius 2 is 1.54 bits per heavy atom. The van der Waals surface area contributed by atoms with Gasteiger partial charge in [-0.2, -0.15) is 10.2 Å². The highest BCUT2D eigenvalue weighted by Crippen LogP contribution is 2.37. The summed E-state index contributed by atoms with van der Waals surface area (Å²) in [4.78, 5) is 0. The van der Waals surface area contributed by atoms with Crippen molar-refractivity contribution < 1.29 is 14.3 Å². The van der Waals surface area contributed by atoms with E-state index in [1.54, 1.807) is 30.6 Å². The quantitative estimate of drug-likeness (QED) is 0.373. The molecular formula is C22H30N2O3Si. The number of hydrogen-bond donors (Lipinski definition) is 1. The normalized spacial score (nSPS) is 12.6. The van der Waals surface area contributed by atoms with Crippen LogP contribution >= 0.6 is 0 Å². The maximum atomic E-state index is 9.72. The van der Waals surface area contributed by atoms with Crippen LogP contribution in [-0.2, 0) is 0 Å². The van der Waals surface area contributed by atoms with Crippen molar-refractivity contribution in [2.45, 2.75) is 45.8 Å². The summed E-state index contributed by atoms with van der Waals surface area (Å²) >= 11 is 0. The molecule has 0 aliphatic carbocycles. The first-order valence-corrected chi connectivity index (χ1v) is 12.3. The van der Waals surface area contributed by atoms with Gasteiger partial charge in [0.15, 0.2) is 11.5 Å². The number of phenols is 1. The van der Waals surface area contributed by atoms with E-state index in [0.29, 0.717) is 12.4 Å². The summed E-state index contributed by atoms with van der Waals surface area (Å²) in [5, 5.41) is 18.0. The van der Waals surface area contributed by atoms with Crippen LogP contribution in [0.1, 0.15) is 38.8 Å². The van der Waals surface area contributed by atoms with E-state index in [1.165, 1.54) is 0 Å². The van der Waals surface area contributed by atoms with Gasteiger partial charge in [0.25, 0.3) is 0 Å². The SMILES string of the molecule is CCOc1cc(C=NN=Cc2ccc(O[Si](C)(C)C(C)(C)C)cc2)ccc1O. The lowest BCUT2D eigenvalue weighted by molar-refractivity contribution is 0.318. The van der Waals surface area contributed by atoms with Crippen molar-refractivity contribution in [3.05, 3.63) is 53.6 Å². The van der Waals surface area contributed by atoms with Crippen molar-refractivity contribution in [2.75, 3.05) is 6.61 Å². The molecular weight excluding hydrogens is 368 g/mol. The van der Waals surface area contributed by atoms with Crippen molar-refractivity contribution in [1.82, 2.24) is 0 Å². The van der Waals surface area contributed by atoms with Gasteiger partial charge in [-0.3, -0.25) is 0 Å². The second-order valence-electron chi connectivity index (χ2n) is 8.08. The molecule has 0 saturated heterocycles. The third kappa shape index (κ3) is 5.95. The van der Waals surface area contributed by atoms with E-state index >= 15 is 0 Å². The van der Waals surface area contributed by atoms with E-state index < -0.39 is 8.32 Å². The molecule has 28 heavy (non-hydrogen) atoms. The third-order valence-electron chi connectivity index (χ3n) is 4.82. The van der Waals surface area contributed by atoms with E-state index in [1.807, 2.05) is 31.2 Å². The van der Waals surface area contributed by atoms with Crippen LogP contribution in [0.3, 0.4) is 0 Å². The number of nitrogens with zero attached hydrogens (tertiary/aromatic N) is 2. The smallest absolute Gasteiger partial charge is 0.250 e. The van der Waals surface area contributed by atoms with Crippen molar-refractivity contribution in [3.8, 4) is 17.2 Å². The van der Waals surface area contributed by atoms with Gasteiger partial charge < -0.3 is 14.3 Å². The van der Waals surface area contributed by atoms with Crippen LogP contribution in [-0.4, -0.2) is 32.5 Å². The van der Waals surface area contributed by atoms with Crippen LogP contribution in [0.15, 0.2) is 52.7 Å². The average molecular weight is 399 g/mol. The Hall–Kier alpha value is -2.60. The van der Waals surface area contributed by atoms with Crippen LogP contribution < -0.4 is 9.16 Å². The maximum Gasteiger partial charge on any atom is 0.250 e. The van der Waals surface area contributed by atoms with Gasteiger partial charge in [0, 0.05) is 0 Å². The molecule has 6 heteroatoms. The average Bonchev–Trinajstić information content (AvgIpc) is 2.61. The molecule has 1 N–H and O–H groups in total. The lowest BCUT2D eigenvalue weighted by atomic mass is 10.2. The zero-order chi connectivity index (χ0) is 20.8. The fourth-order valence-electron chi connectivity index (χ4n) is 2.15. The highest BCUT2D eigenvalue weighted by molar-refractivity contribution is 6.74. The van der Waals surface area contributed by atoms with Gasteiger partial charge in [-0.25, -0.2) is 0 Å². The first kappa shape index (κ1) is 21.7. The molecule has 2 aromatic carbocycles. The van der Waals surface area contributed by atoms with Crippen molar-refractivity contribution in [1.29, 1.82) is 0 Å². The van der Waals surface area contributed by atoms with Crippen molar-refractivity contribution >= 4 is 20.7 Å². The highest BCUT2D eigenvalue weighted by atomic mass is 28.4. The summed E-state index contributed by atoms with van der Waals surface area (Å²) in [7, 11) is -1.83. The van der Waals surface area contributed by atoms with Gasteiger partial charge in [-0.1, -0.05) is 20.8 Å². The zero-order valence-corrected chi connectivity index (χ0v) is 18.6. The molecule has 2 aromatic rings. The molecule has 5 nitrogen and oxygen atoms in total. The third-order valence-corrected chi connectivity index (χ3v) is 9.18. The number of phenolic OH excluding ortho intramolecular Hbond substituents is 1. The fraction of sp³-hybridized carbons (Fsp3) is 0.364. The second kappa shape index (κ2) is 9.06. The van der Waals surface area contributed by atoms with Gasteiger partial charge in [0.2, 0.25) is 8.32 Å². The maximum absolute atomic E-state index is 9.72. The largest absolute Gasteiger partial charge is 0.544 e. The summed E-state index contributed by atoms with van der Waals surface area (Å²) in [5.41, 5.74) is 1.75. The summed E-state index contributed by atoms with van der Waals surface area (Å²) < 4.78 is 11.6. The Labute approximate surface area is 168 Å². The summed E-state index contributed by atoms with van der Waals surface area (Å²) in [5.74, 6) is 1.44. The molecule has 2 rings (SSSR count). The highest BCUT2D eigenvalue weighted by Gasteiger charge is 2.38. The summed E-state index contributed by atoms with van der Waals surface area (Å²) in [6.07, 6.45) is 3.31. The Bertz CT molecular complexity index is 838.